The van der Waals surface area contributed by atoms with Gasteiger partial charge in [0.05, 0.1) is 5.39 Å². The van der Waals surface area contributed by atoms with E-state index in [1.165, 1.54) is 0 Å². The van der Waals surface area contributed by atoms with Crippen LogP contribution in [0.2, 0.25) is 0 Å². The van der Waals surface area contributed by atoms with Crippen LogP contribution in [-0.2, 0) is 5.54 Å². The van der Waals surface area contributed by atoms with E-state index >= 15 is 0 Å². The third-order valence-electron chi connectivity index (χ3n) is 3.24. The lowest BCUT2D eigenvalue weighted by Crippen LogP contribution is -2.34. The molecule has 19 heavy (non-hydrogen) atoms. The van der Waals surface area contributed by atoms with Gasteiger partial charge in [-0.3, -0.25) is 4.79 Å². The lowest BCUT2D eigenvalue weighted by Gasteiger charge is -2.23. The van der Waals surface area contributed by atoms with Gasteiger partial charge in [-0.2, -0.15) is 0 Å². The van der Waals surface area contributed by atoms with Crippen molar-refractivity contribution in [2.24, 2.45) is 0 Å². The topological polar surface area (TPSA) is 22.0 Å². The van der Waals surface area contributed by atoms with Crippen LogP contribution in [0.5, 0.6) is 0 Å². The lowest BCUT2D eigenvalue weighted by atomic mass is 10.0. The van der Waals surface area contributed by atoms with Crippen LogP contribution in [0.4, 0.5) is 0 Å². The standard InChI is InChI=1S/C17H19NO/c1-6-8-13-11-18(17(3,4)5)16(19)15-12(2)9-7-10-14(13)15/h7,9-11H,1-5H3. The number of benzene rings is 1. The summed E-state index contributed by atoms with van der Waals surface area (Å²) in [5.74, 6) is 6.04. The molecule has 0 unspecified atom stereocenters. The molecular weight excluding hydrogens is 234 g/mol. The highest BCUT2D eigenvalue weighted by Gasteiger charge is 2.18. The molecule has 0 aliphatic heterocycles. The first-order valence-electron chi connectivity index (χ1n) is 6.44. The summed E-state index contributed by atoms with van der Waals surface area (Å²) in [6.45, 7) is 9.87. The van der Waals surface area contributed by atoms with Gasteiger partial charge in [-0.25, -0.2) is 0 Å². The maximum absolute atomic E-state index is 12.7. The van der Waals surface area contributed by atoms with Gasteiger partial charge in [0.15, 0.2) is 0 Å². The zero-order chi connectivity index (χ0) is 14.2. The SMILES string of the molecule is CC#Cc1cn(C(C)(C)C)c(=O)c2c(C)cccc12. The van der Waals surface area contributed by atoms with E-state index in [2.05, 4.69) is 11.8 Å². The largest absolute Gasteiger partial charge is 0.308 e. The lowest BCUT2D eigenvalue weighted by molar-refractivity contribution is 0.386. The summed E-state index contributed by atoms with van der Waals surface area (Å²) in [5.41, 5.74) is 1.72. The van der Waals surface area contributed by atoms with Crippen molar-refractivity contribution < 1.29 is 0 Å². The van der Waals surface area contributed by atoms with Gasteiger partial charge in [0.1, 0.15) is 0 Å². The summed E-state index contributed by atoms with van der Waals surface area (Å²) in [5, 5.41) is 1.72. The van der Waals surface area contributed by atoms with Crippen molar-refractivity contribution in [1.82, 2.24) is 4.57 Å². The Bertz CT molecular complexity index is 749. The Morgan fingerprint density at radius 2 is 1.89 bits per heavy atom. The third kappa shape index (κ3) is 2.29. The Kier molecular flexibility index (Phi) is 3.24. The molecule has 2 aromatic rings. The fourth-order valence-corrected chi connectivity index (χ4v) is 2.29. The van der Waals surface area contributed by atoms with Gasteiger partial charge in [0, 0.05) is 22.7 Å². The summed E-state index contributed by atoms with van der Waals surface area (Å²) in [6, 6.07) is 5.91. The molecule has 1 aromatic carbocycles. The summed E-state index contributed by atoms with van der Waals surface area (Å²) in [7, 11) is 0. The molecular formula is C17H19NO. The molecule has 0 N–H and O–H groups in total. The predicted octanol–water partition coefficient (Wildman–Crippen LogP) is 3.44. The predicted molar refractivity (Wildman–Crippen MR) is 80.5 cm³/mol. The molecule has 0 saturated carbocycles. The number of aryl methyl sites for hydroxylation is 1. The van der Waals surface area contributed by atoms with Crippen LogP contribution in [-0.4, -0.2) is 4.57 Å². The van der Waals surface area contributed by atoms with Gasteiger partial charge in [-0.15, -0.1) is 5.92 Å². The molecule has 0 amide bonds. The maximum atomic E-state index is 12.7. The Labute approximate surface area is 114 Å². The van der Waals surface area contributed by atoms with E-state index in [4.69, 9.17) is 0 Å². The summed E-state index contributed by atoms with van der Waals surface area (Å²) < 4.78 is 1.78. The highest BCUT2D eigenvalue weighted by atomic mass is 16.1. The molecule has 98 valence electrons. The second-order valence-electron chi connectivity index (χ2n) is 5.76. The average molecular weight is 253 g/mol. The monoisotopic (exact) mass is 253 g/mol. The van der Waals surface area contributed by atoms with Crippen LogP contribution < -0.4 is 5.56 Å². The van der Waals surface area contributed by atoms with Crippen molar-refractivity contribution in [3.05, 3.63) is 45.9 Å². The van der Waals surface area contributed by atoms with E-state index in [-0.39, 0.29) is 11.1 Å². The Balaban J connectivity index is 3.03. The second-order valence-corrected chi connectivity index (χ2v) is 5.76. The first kappa shape index (κ1) is 13.4. The Morgan fingerprint density at radius 3 is 2.47 bits per heavy atom. The van der Waals surface area contributed by atoms with Gasteiger partial charge < -0.3 is 4.57 Å². The molecule has 1 heterocycles. The smallest absolute Gasteiger partial charge is 0.259 e. The van der Waals surface area contributed by atoms with Gasteiger partial charge >= 0.3 is 0 Å². The minimum absolute atomic E-state index is 0.0576. The van der Waals surface area contributed by atoms with E-state index in [9.17, 15) is 4.79 Å². The van der Waals surface area contributed by atoms with E-state index in [0.29, 0.717) is 0 Å². The first-order chi connectivity index (χ1) is 8.86. The van der Waals surface area contributed by atoms with E-state index in [1.807, 2.05) is 59.0 Å². The van der Waals surface area contributed by atoms with Crippen molar-refractivity contribution in [2.75, 3.05) is 0 Å². The third-order valence-corrected chi connectivity index (χ3v) is 3.24. The van der Waals surface area contributed by atoms with Crippen LogP contribution >= 0.6 is 0 Å². The van der Waals surface area contributed by atoms with E-state index in [1.54, 1.807) is 4.57 Å². The maximum Gasteiger partial charge on any atom is 0.259 e. The van der Waals surface area contributed by atoms with E-state index in [0.717, 1.165) is 21.9 Å². The van der Waals surface area contributed by atoms with Gasteiger partial charge in [0.25, 0.3) is 5.56 Å². The van der Waals surface area contributed by atoms with Crippen LogP contribution in [0, 0.1) is 18.8 Å². The normalized spacial score (nSPS) is 11.2. The van der Waals surface area contributed by atoms with Crippen molar-refractivity contribution in [1.29, 1.82) is 0 Å². The van der Waals surface area contributed by atoms with Crippen molar-refractivity contribution in [3.8, 4) is 11.8 Å². The summed E-state index contributed by atoms with van der Waals surface area (Å²) in [4.78, 5) is 12.7. The second kappa shape index (κ2) is 4.59. The molecule has 0 spiro atoms. The first-order valence-corrected chi connectivity index (χ1v) is 6.44. The van der Waals surface area contributed by atoms with E-state index < -0.39 is 0 Å². The van der Waals surface area contributed by atoms with Crippen LogP contribution in [0.3, 0.4) is 0 Å². The Morgan fingerprint density at radius 1 is 1.21 bits per heavy atom. The zero-order valence-corrected chi connectivity index (χ0v) is 12.2. The van der Waals surface area contributed by atoms with Crippen LogP contribution in [0.25, 0.3) is 10.8 Å². The van der Waals surface area contributed by atoms with Gasteiger partial charge in [-0.1, -0.05) is 24.1 Å². The fourth-order valence-electron chi connectivity index (χ4n) is 2.29. The molecule has 0 fully saturated rings. The molecule has 0 radical (unpaired) electrons. The average Bonchev–Trinajstić information content (AvgIpc) is 2.31. The van der Waals surface area contributed by atoms with Gasteiger partial charge in [-0.05, 0) is 40.2 Å². The summed E-state index contributed by atoms with van der Waals surface area (Å²) in [6.07, 6.45) is 1.88. The molecule has 0 aliphatic carbocycles. The summed E-state index contributed by atoms with van der Waals surface area (Å²) >= 11 is 0. The molecule has 0 aliphatic rings. The van der Waals surface area contributed by atoms with Gasteiger partial charge in [0.2, 0.25) is 0 Å². The molecule has 0 bridgehead atoms. The number of hydrogen-bond donors (Lipinski definition) is 0. The minimum Gasteiger partial charge on any atom is -0.308 e. The Hall–Kier alpha value is -2.01. The van der Waals surface area contributed by atoms with Crippen molar-refractivity contribution in [3.63, 3.8) is 0 Å². The van der Waals surface area contributed by atoms with Crippen LogP contribution in [0.1, 0.15) is 38.8 Å². The fraction of sp³-hybridized carbons (Fsp3) is 0.353. The number of pyridine rings is 1. The molecule has 2 rings (SSSR count). The zero-order valence-electron chi connectivity index (χ0n) is 12.2. The van der Waals surface area contributed by atoms with Crippen molar-refractivity contribution in [2.45, 2.75) is 40.2 Å². The molecule has 0 atom stereocenters. The number of aromatic nitrogens is 1. The quantitative estimate of drug-likeness (QED) is 0.659. The molecule has 0 saturated heterocycles. The minimum atomic E-state index is -0.252. The van der Waals surface area contributed by atoms with Crippen molar-refractivity contribution >= 4 is 10.8 Å². The number of hydrogen-bond acceptors (Lipinski definition) is 1. The van der Waals surface area contributed by atoms with Crippen LogP contribution in [0.15, 0.2) is 29.2 Å². The molecule has 2 nitrogen and oxygen atoms in total. The highest BCUT2D eigenvalue weighted by molar-refractivity contribution is 5.89. The molecule has 1 aromatic heterocycles. The molecule has 2 heteroatoms. The number of rotatable bonds is 0. The number of fused-ring (bicyclic) bond motifs is 1. The highest BCUT2D eigenvalue weighted by Crippen LogP contribution is 2.21. The number of nitrogens with zero attached hydrogens (tertiary/aromatic N) is 1.